The Balaban J connectivity index is 0.000000318. The summed E-state index contributed by atoms with van der Waals surface area (Å²) in [6, 6.07) is 0. The summed E-state index contributed by atoms with van der Waals surface area (Å²) in [5.74, 6) is -2.20. The van der Waals surface area contributed by atoms with Gasteiger partial charge in [-0.15, -0.1) is 0 Å². The Labute approximate surface area is 167 Å². The summed E-state index contributed by atoms with van der Waals surface area (Å²) in [6.07, 6.45) is 1.98. The largest absolute Gasteiger partial charge is 0.490 e. The first kappa shape index (κ1) is 21.2. The smallest absolute Gasteiger partial charge is 0.475 e. The van der Waals surface area contributed by atoms with Crippen LogP contribution in [0.4, 0.5) is 13.2 Å². The maximum absolute atomic E-state index is 11.3. The molecule has 1 amide bonds. The van der Waals surface area contributed by atoms with Gasteiger partial charge in [0.2, 0.25) is 0 Å². The van der Waals surface area contributed by atoms with Crippen LogP contribution in [0.15, 0.2) is 24.8 Å². The Morgan fingerprint density at radius 1 is 1.20 bits per heavy atom. The average Bonchev–Trinajstić information content (AvgIpc) is 3.25. The van der Waals surface area contributed by atoms with Crippen molar-refractivity contribution in [3.63, 3.8) is 0 Å². The summed E-state index contributed by atoms with van der Waals surface area (Å²) in [5.41, 5.74) is 8.42. The molecule has 10 nitrogen and oxygen atoms in total. The van der Waals surface area contributed by atoms with Gasteiger partial charge in [0.1, 0.15) is 11.4 Å². The predicted molar refractivity (Wildman–Crippen MR) is 96.3 cm³/mol. The third kappa shape index (κ3) is 4.56. The van der Waals surface area contributed by atoms with Crippen LogP contribution in [-0.4, -0.2) is 58.8 Å². The monoisotopic (exact) mass is 425 g/mol. The third-order valence-corrected chi connectivity index (χ3v) is 4.49. The number of aryl methyl sites for hydroxylation is 1. The van der Waals surface area contributed by atoms with Gasteiger partial charge in [-0.3, -0.25) is 9.69 Å². The number of carboxylic acids is 1. The average molecular weight is 425 g/mol. The van der Waals surface area contributed by atoms with Gasteiger partial charge in [-0.25, -0.2) is 19.3 Å². The highest BCUT2D eigenvalue weighted by Gasteiger charge is 2.38. The number of rotatable bonds is 3. The molecule has 0 atom stereocenters. The summed E-state index contributed by atoms with van der Waals surface area (Å²) in [7, 11) is 0. The normalized spacial score (nSPS) is 14.1. The number of amides is 1. The van der Waals surface area contributed by atoms with Crippen LogP contribution in [0.1, 0.15) is 27.4 Å². The lowest BCUT2D eigenvalue weighted by Gasteiger charge is -2.28. The van der Waals surface area contributed by atoms with E-state index in [2.05, 4.69) is 24.5 Å². The highest BCUT2D eigenvalue weighted by atomic mass is 19.4. The number of nitrogens with zero attached hydrogens (tertiary/aromatic N) is 6. The van der Waals surface area contributed by atoms with E-state index in [9.17, 15) is 18.0 Å². The van der Waals surface area contributed by atoms with Gasteiger partial charge in [0.15, 0.2) is 5.65 Å². The first-order valence-electron chi connectivity index (χ1n) is 8.72. The van der Waals surface area contributed by atoms with Gasteiger partial charge < -0.3 is 15.4 Å². The second-order valence-electron chi connectivity index (χ2n) is 6.61. The van der Waals surface area contributed by atoms with Crippen LogP contribution in [0.2, 0.25) is 0 Å². The van der Waals surface area contributed by atoms with E-state index in [0.29, 0.717) is 11.2 Å². The molecule has 0 unspecified atom stereocenters. The van der Waals surface area contributed by atoms with Crippen LogP contribution < -0.4 is 5.73 Å². The van der Waals surface area contributed by atoms with Gasteiger partial charge >= 0.3 is 12.1 Å². The van der Waals surface area contributed by atoms with Gasteiger partial charge in [-0.2, -0.15) is 18.3 Å². The van der Waals surface area contributed by atoms with E-state index in [0.717, 1.165) is 37.6 Å². The fourth-order valence-electron chi connectivity index (χ4n) is 3.06. The Kier molecular flexibility index (Phi) is 5.73. The molecule has 1 aliphatic heterocycles. The number of carboxylic acid groups (broad SMARTS) is 1. The van der Waals surface area contributed by atoms with Crippen molar-refractivity contribution in [2.24, 2.45) is 5.73 Å². The molecular formula is C17H18F3N7O3. The number of imidazole rings is 1. The summed E-state index contributed by atoms with van der Waals surface area (Å²) >= 11 is 0. The van der Waals surface area contributed by atoms with Gasteiger partial charge in [-0.1, -0.05) is 0 Å². The van der Waals surface area contributed by atoms with Crippen LogP contribution in [0, 0.1) is 6.92 Å². The highest BCUT2D eigenvalue weighted by Crippen LogP contribution is 2.17. The van der Waals surface area contributed by atoms with Crippen molar-refractivity contribution in [2.45, 2.75) is 32.7 Å². The van der Waals surface area contributed by atoms with Crippen molar-refractivity contribution < 1.29 is 27.9 Å². The zero-order valence-corrected chi connectivity index (χ0v) is 15.8. The number of primary amides is 1. The second kappa shape index (κ2) is 8.10. The van der Waals surface area contributed by atoms with Crippen LogP contribution in [-0.2, 0) is 24.4 Å². The number of carbonyl (C=O) groups excluding carboxylic acids is 1. The molecular weight excluding hydrogens is 407 g/mol. The molecule has 13 heteroatoms. The van der Waals surface area contributed by atoms with Gasteiger partial charge in [0.25, 0.3) is 5.91 Å². The Hall–Kier alpha value is -3.48. The number of fused-ring (bicyclic) bond motifs is 2. The minimum Gasteiger partial charge on any atom is -0.475 e. The fourth-order valence-corrected chi connectivity index (χ4v) is 3.06. The first-order chi connectivity index (χ1) is 14.1. The number of halogens is 3. The minimum atomic E-state index is -5.08. The molecule has 3 aromatic rings. The second-order valence-corrected chi connectivity index (χ2v) is 6.61. The molecule has 0 saturated heterocycles. The molecule has 0 radical (unpaired) electrons. The number of hydrogen-bond acceptors (Lipinski definition) is 6. The maximum atomic E-state index is 11.3. The zero-order chi connectivity index (χ0) is 22.1. The van der Waals surface area contributed by atoms with Crippen LogP contribution in [0.5, 0.6) is 0 Å². The SMILES string of the molecule is Cc1ncc2n1CCN(Cc1cnc3c(C(N)=O)cnn3c1)C2.O=C(O)C(F)(F)F. The summed E-state index contributed by atoms with van der Waals surface area (Å²) in [5, 5.41) is 11.3. The van der Waals surface area contributed by atoms with E-state index in [-0.39, 0.29) is 0 Å². The van der Waals surface area contributed by atoms with Crippen molar-refractivity contribution in [2.75, 3.05) is 6.54 Å². The van der Waals surface area contributed by atoms with Crippen LogP contribution >= 0.6 is 0 Å². The summed E-state index contributed by atoms with van der Waals surface area (Å²) in [6.45, 7) is 5.59. The molecule has 1 aliphatic rings. The quantitative estimate of drug-likeness (QED) is 0.639. The Morgan fingerprint density at radius 3 is 2.53 bits per heavy atom. The van der Waals surface area contributed by atoms with E-state index < -0.39 is 18.1 Å². The molecule has 0 bridgehead atoms. The number of alkyl halides is 3. The van der Waals surface area contributed by atoms with E-state index in [1.165, 1.54) is 11.9 Å². The predicted octanol–water partition coefficient (Wildman–Crippen LogP) is 0.982. The first-order valence-corrected chi connectivity index (χ1v) is 8.72. The lowest BCUT2D eigenvalue weighted by Crippen LogP contribution is -2.33. The van der Waals surface area contributed by atoms with Crippen molar-refractivity contribution in [1.29, 1.82) is 0 Å². The van der Waals surface area contributed by atoms with E-state index in [4.69, 9.17) is 15.6 Å². The fraction of sp³-hybridized carbons (Fsp3) is 0.353. The molecule has 3 aromatic heterocycles. The number of aliphatic carboxylic acids is 1. The topological polar surface area (TPSA) is 132 Å². The molecule has 0 aliphatic carbocycles. The minimum absolute atomic E-state index is 0.342. The highest BCUT2D eigenvalue weighted by molar-refractivity contribution is 5.98. The van der Waals surface area contributed by atoms with E-state index in [1.54, 1.807) is 10.7 Å². The number of aromatic nitrogens is 5. The standard InChI is InChI=1S/C15H17N7O.C2HF3O2/c1-10-17-5-12-9-20(2-3-21(10)12)7-11-4-18-15-13(14(16)23)6-19-22(15)8-11;3-2(4,5)1(6)7/h4-6,8H,2-3,7,9H2,1H3,(H2,16,23);(H,6,7). The Bertz CT molecular complexity index is 1090. The summed E-state index contributed by atoms with van der Waals surface area (Å²) < 4.78 is 35.6. The number of hydrogen-bond donors (Lipinski definition) is 2. The van der Waals surface area contributed by atoms with Crippen molar-refractivity contribution in [3.05, 3.63) is 47.4 Å². The number of carbonyl (C=O) groups is 2. The van der Waals surface area contributed by atoms with Crippen LogP contribution in [0.3, 0.4) is 0 Å². The van der Waals surface area contributed by atoms with Crippen molar-refractivity contribution in [3.8, 4) is 0 Å². The van der Waals surface area contributed by atoms with Gasteiger partial charge in [0.05, 0.1) is 11.9 Å². The van der Waals surface area contributed by atoms with Crippen molar-refractivity contribution >= 4 is 17.5 Å². The molecule has 3 N–H and O–H groups in total. The van der Waals surface area contributed by atoms with Crippen LogP contribution in [0.25, 0.3) is 5.65 Å². The third-order valence-electron chi connectivity index (χ3n) is 4.49. The number of nitrogens with two attached hydrogens (primary N) is 1. The van der Waals surface area contributed by atoms with Gasteiger partial charge in [0, 0.05) is 50.3 Å². The van der Waals surface area contributed by atoms with Crippen molar-refractivity contribution in [1.82, 2.24) is 29.0 Å². The molecule has 0 aromatic carbocycles. The van der Waals surface area contributed by atoms with E-state index >= 15 is 0 Å². The molecule has 0 saturated carbocycles. The summed E-state index contributed by atoms with van der Waals surface area (Å²) in [4.78, 5) is 31.2. The molecule has 30 heavy (non-hydrogen) atoms. The molecule has 0 fully saturated rings. The molecule has 160 valence electrons. The lowest BCUT2D eigenvalue weighted by atomic mass is 10.2. The molecule has 0 spiro atoms. The molecule has 4 rings (SSSR count). The zero-order valence-electron chi connectivity index (χ0n) is 15.8. The lowest BCUT2D eigenvalue weighted by molar-refractivity contribution is -0.192. The maximum Gasteiger partial charge on any atom is 0.490 e. The molecule has 4 heterocycles. The van der Waals surface area contributed by atoms with E-state index in [1.807, 2.05) is 19.3 Å². The Morgan fingerprint density at radius 2 is 1.90 bits per heavy atom. The van der Waals surface area contributed by atoms with Gasteiger partial charge in [-0.05, 0) is 6.92 Å².